The highest BCUT2D eigenvalue weighted by atomic mass is 16.1. The number of benzene rings is 1. The number of carbonyl (C=O) groups excluding carboxylic acids is 2. The number of para-hydroxylation sites is 2. The molecule has 0 aliphatic heterocycles. The summed E-state index contributed by atoms with van der Waals surface area (Å²) in [6.07, 6.45) is 5.12. The smallest absolute Gasteiger partial charge is 0.247 e. The van der Waals surface area contributed by atoms with Crippen LogP contribution in [-0.2, 0) is 9.59 Å². The minimum Gasteiger partial charge on any atom is -0.322 e. The molecule has 0 saturated carbocycles. The molecular weight excluding hydrogens is 318 g/mol. The SMILES string of the molecule is C=CCN(C=O)c1nc(Nc2ccccc2NC(=O)C=C)ncc1C. The first-order chi connectivity index (χ1) is 12.1. The van der Waals surface area contributed by atoms with Crippen molar-refractivity contribution in [3.63, 3.8) is 0 Å². The quantitative estimate of drug-likeness (QED) is 0.439. The number of nitrogens with one attached hydrogen (secondary N) is 2. The molecule has 7 heteroatoms. The van der Waals surface area contributed by atoms with E-state index >= 15 is 0 Å². The van der Waals surface area contributed by atoms with Crippen molar-refractivity contribution in [3.05, 3.63) is 61.3 Å². The van der Waals surface area contributed by atoms with Crippen molar-refractivity contribution in [1.82, 2.24) is 9.97 Å². The largest absolute Gasteiger partial charge is 0.322 e. The number of hydrogen-bond acceptors (Lipinski definition) is 5. The minimum atomic E-state index is -0.321. The van der Waals surface area contributed by atoms with Crippen LogP contribution in [0.25, 0.3) is 0 Å². The van der Waals surface area contributed by atoms with Crippen LogP contribution in [0.2, 0.25) is 0 Å². The summed E-state index contributed by atoms with van der Waals surface area (Å²) < 4.78 is 0. The molecule has 7 nitrogen and oxygen atoms in total. The van der Waals surface area contributed by atoms with Crippen LogP contribution in [0.5, 0.6) is 0 Å². The predicted octanol–water partition coefficient (Wildman–Crippen LogP) is 2.80. The lowest BCUT2D eigenvalue weighted by molar-refractivity contribution is -0.112. The molecule has 2 aromatic rings. The van der Waals surface area contributed by atoms with Gasteiger partial charge in [-0.2, -0.15) is 4.98 Å². The maximum Gasteiger partial charge on any atom is 0.247 e. The summed E-state index contributed by atoms with van der Waals surface area (Å²) in [5, 5.41) is 5.76. The molecule has 2 N–H and O–H groups in total. The van der Waals surface area contributed by atoms with Crippen LogP contribution in [-0.4, -0.2) is 28.8 Å². The molecule has 1 heterocycles. The van der Waals surface area contributed by atoms with Crippen LogP contribution in [0.15, 0.2) is 55.8 Å². The Hall–Kier alpha value is -3.48. The van der Waals surface area contributed by atoms with Crippen molar-refractivity contribution in [3.8, 4) is 0 Å². The summed E-state index contributed by atoms with van der Waals surface area (Å²) >= 11 is 0. The number of amides is 2. The van der Waals surface area contributed by atoms with Crippen LogP contribution < -0.4 is 15.5 Å². The van der Waals surface area contributed by atoms with Gasteiger partial charge in [0.05, 0.1) is 11.4 Å². The highest BCUT2D eigenvalue weighted by molar-refractivity contribution is 6.01. The summed E-state index contributed by atoms with van der Waals surface area (Å²) in [6.45, 7) is 9.22. The zero-order valence-electron chi connectivity index (χ0n) is 13.9. The van der Waals surface area contributed by atoms with E-state index in [1.165, 1.54) is 11.0 Å². The van der Waals surface area contributed by atoms with Crippen molar-refractivity contribution >= 4 is 35.5 Å². The van der Waals surface area contributed by atoms with Crippen molar-refractivity contribution in [2.75, 3.05) is 22.1 Å². The molecule has 0 fully saturated rings. The lowest BCUT2D eigenvalue weighted by atomic mass is 10.2. The summed E-state index contributed by atoms with van der Waals surface area (Å²) in [5.74, 6) is 0.467. The van der Waals surface area contributed by atoms with Gasteiger partial charge in [0.2, 0.25) is 18.3 Å². The highest BCUT2D eigenvalue weighted by Gasteiger charge is 2.12. The fourth-order valence-corrected chi connectivity index (χ4v) is 2.11. The Morgan fingerprint density at radius 1 is 1.28 bits per heavy atom. The van der Waals surface area contributed by atoms with Crippen LogP contribution in [0, 0.1) is 6.92 Å². The molecule has 0 aliphatic carbocycles. The van der Waals surface area contributed by atoms with Crippen LogP contribution >= 0.6 is 0 Å². The Morgan fingerprint density at radius 3 is 2.64 bits per heavy atom. The van der Waals surface area contributed by atoms with E-state index in [1.54, 1.807) is 30.5 Å². The molecule has 2 amide bonds. The molecule has 0 spiro atoms. The van der Waals surface area contributed by atoms with E-state index < -0.39 is 0 Å². The third-order valence-corrected chi connectivity index (χ3v) is 3.29. The van der Waals surface area contributed by atoms with E-state index in [-0.39, 0.29) is 5.91 Å². The standard InChI is InChI=1S/C18H19N5O2/c1-4-10-23(12-24)17-13(3)11-19-18(22-17)21-15-9-7-6-8-14(15)20-16(25)5-2/h4-9,11-12H,1-2,10H2,3H3,(H,20,25)(H,19,21,22). The predicted molar refractivity (Wildman–Crippen MR) is 98.9 cm³/mol. The van der Waals surface area contributed by atoms with E-state index in [0.29, 0.717) is 36.1 Å². The second kappa shape index (κ2) is 8.39. The Kier molecular flexibility index (Phi) is 6.00. The molecule has 0 saturated heterocycles. The third-order valence-electron chi connectivity index (χ3n) is 3.29. The molecule has 2 rings (SSSR count). The number of rotatable bonds is 8. The van der Waals surface area contributed by atoms with Gasteiger partial charge in [-0.3, -0.25) is 14.5 Å². The first kappa shape index (κ1) is 17.9. The summed E-state index contributed by atoms with van der Waals surface area (Å²) in [5.41, 5.74) is 1.94. The summed E-state index contributed by atoms with van der Waals surface area (Å²) in [7, 11) is 0. The Balaban J connectivity index is 2.32. The van der Waals surface area contributed by atoms with Crippen LogP contribution in [0.3, 0.4) is 0 Å². The Bertz CT molecular complexity index is 804. The first-order valence-electron chi connectivity index (χ1n) is 7.55. The van der Waals surface area contributed by atoms with Crippen LogP contribution in [0.1, 0.15) is 5.56 Å². The molecule has 1 aromatic heterocycles. The van der Waals surface area contributed by atoms with Gasteiger partial charge in [-0.1, -0.05) is 24.8 Å². The number of nitrogens with zero attached hydrogens (tertiary/aromatic N) is 3. The lowest BCUT2D eigenvalue weighted by Gasteiger charge is -2.18. The minimum absolute atomic E-state index is 0.303. The van der Waals surface area contributed by atoms with Gasteiger partial charge in [0, 0.05) is 18.3 Å². The Morgan fingerprint density at radius 2 is 2.00 bits per heavy atom. The molecule has 0 unspecified atom stereocenters. The van der Waals surface area contributed by atoms with Gasteiger partial charge in [0.15, 0.2) is 0 Å². The average Bonchev–Trinajstić information content (AvgIpc) is 2.63. The van der Waals surface area contributed by atoms with Gasteiger partial charge in [-0.05, 0) is 25.1 Å². The molecule has 128 valence electrons. The topological polar surface area (TPSA) is 87.2 Å². The summed E-state index contributed by atoms with van der Waals surface area (Å²) in [6, 6.07) is 7.14. The average molecular weight is 337 g/mol. The van der Waals surface area contributed by atoms with Crippen molar-refractivity contribution in [2.45, 2.75) is 6.92 Å². The number of carbonyl (C=O) groups is 2. The van der Waals surface area contributed by atoms with E-state index in [4.69, 9.17) is 0 Å². The monoisotopic (exact) mass is 337 g/mol. The number of aryl methyl sites for hydroxylation is 1. The zero-order chi connectivity index (χ0) is 18.2. The molecule has 0 aliphatic rings. The van der Waals surface area contributed by atoms with E-state index in [2.05, 4.69) is 33.8 Å². The molecule has 0 atom stereocenters. The van der Waals surface area contributed by atoms with Crippen LogP contribution in [0.4, 0.5) is 23.1 Å². The number of aromatic nitrogens is 2. The normalized spacial score (nSPS) is 9.80. The van der Waals surface area contributed by atoms with Crippen molar-refractivity contribution in [2.24, 2.45) is 0 Å². The number of anilines is 4. The van der Waals surface area contributed by atoms with Crippen molar-refractivity contribution < 1.29 is 9.59 Å². The Labute approximate surface area is 146 Å². The zero-order valence-corrected chi connectivity index (χ0v) is 13.9. The van der Waals surface area contributed by atoms with E-state index in [9.17, 15) is 9.59 Å². The fraction of sp³-hybridized carbons (Fsp3) is 0.111. The molecule has 0 bridgehead atoms. The lowest BCUT2D eigenvalue weighted by Crippen LogP contribution is -2.23. The fourth-order valence-electron chi connectivity index (χ4n) is 2.11. The van der Waals surface area contributed by atoms with Gasteiger partial charge >= 0.3 is 0 Å². The van der Waals surface area contributed by atoms with Gasteiger partial charge in [-0.15, -0.1) is 6.58 Å². The molecule has 0 radical (unpaired) electrons. The van der Waals surface area contributed by atoms with E-state index in [1.807, 2.05) is 13.0 Å². The maximum absolute atomic E-state index is 11.5. The second-order valence-corrected chi connectivity index (χ2v) is 5.11. The highest BCUT2D eigenvalue weighted by Crippen LogP contribution is 2.25. The first-order valence-corrected chi connectivity index (χ1v) is 7.55. The van der Waals surface area contributed by atoms with Gasteiger partial charge in [0.25, 0.3) is 0 Å². The molecule has 25 heavy (non-hydrogen) atoms. The second-order valence-electron chi connectivity index (χ2n) is 5.11. The number of hydrogen-bond donors (Lipinski definition) is 2. The van der Waals surface area contributed by atoms with Gasteiger partial charge < -0.3 is 10.6 Å². The van der Waals surface area contributed by atoms with E-state index in [0.717, 1.165) is 5.56 Å². The maximum atomic E-state index is 11.5. The molecular formula is C18H19N5O2. The van der Waals surface area contributed by atoms with Gasteiger partial charge in [-0.25, -0.2) is 4.98 Å². The summed E-state index contributed by atoms with van der Waals surface area (Å²) in [4.78, 5) is 32.9. The third kappa shape index (κ3) is 4.51. The van der Waals surface area contributed by atoms with Gasteiger partial charge in [0.1, 0.15) is 5.82 Å². The molecule has 1 aromatic carbocycles. The van der Waals surface area contributed by atoms with Crippen molar-refractivity contribution in [1.29, 1.82) is 0 Å².